The summed E-state index contributed by atoms with van der Waals surface area (Å²) in [5.74, 6) is 0. The largest absolute Gasteiger partial charge is 0.416 e. The van der Waals surface area contributed by atoms with Crippen LogP contribution in [0.5, 0.6) is 0 Å². The molecule has 0 amide bonds. The van der Waals surface area contributed by atoms with Gasteiger partial charge in [-0.1, -0.05) is 36.0 Å². The molecule has 1 atom stereocenters. The summed E-state index contributed by atoms with van der Waals surface area (Å²) in [7, 11) is 1.88. The van der Waals surface area contributed by atoms with Crippen molar-refractivity contribution in [1.29, 1.82) is 0 Å². The summed E-state index contributed by atoms with van der Waals surface area (Å²) in [5.41, 5.74) is 7.17. The first-order valence-corrected chi connectivity index (χ1v) is 8.90. The van der Waals surface area contributed by atoms with E-state index in [0.717, 1.165) is 33.6 Å². The van der Waals surface area contributed by atoms with Gasteiger partial charge < -0.3 is 15.4 Å². The second kappa shape index (κ2) is 8.56. The standard InChI is InChI=1S/C19H19F3N2OS.ClH/c1-24-17-8-3-2-7-15(17)16(10-13(23)11-25)18(24)26-14-6-4-5-12(9-14)19(20,21)22;/h2-9,13,25H,10-11,23H2,1H3;1H. The van der Waals surface area contributed by atoms with Crippen LogP contribution in [0.15, 0.2) is 58.5 Å². The van der Waals surface area contributed by atoms with Crippen LogP contribution in [0.2, 0.25) is 0 Å². The van der Waals surface area contributed by atoms with Gasteiger partial charge in [-0.25, -0.2) is 0 Å². The van der Waals surface area contributed by atoms with Crippen LogP contribution in [0.1, 0.15) is 11.1 Å². The lowest BCUT2D eigenvalue weighted by Crippen LogP contribution is -2.27. The van der Waals surface area contributed by atoms with Crippen molar-refractivity contribution in [3.05, 3.63) is 59.7 Å². The number of benzene rings is 2. The Kier molecular flexibility index (Phi) is 6.86. The zero-order valence-corrected chi connectivity index (χ0v) is 16.2. The predicted molar refractivity (Wildman–Crippen MR) is 104 cm³/mol. The third-order valence-electron chi connectivity index (χ3n) is 4.23. The second-order valence-electron chi connectivity index (χ2n) is 6.13. The van der Waals surface area contributed by atoms with Gasteiger partial charge in [-0.2, -0.15) is 13.2 Å². The number of aliphatic hydroxyl groups excluding tert-OH is 1. The molecule has 2 aromatic carbocycles. The summed E-state index contributed by atoms with van der Waals surface area (Å²) in [6.45, 7) is -0.156. The molecule has 1 unspecified atom stereocenters. The van der Waals surface area contributed by atoms with E-state index < -0.39 is 17.8 Å². The highest BCUT2D eigenvalue weighted by molar-refractivity contribution is 7.99. The SMILES string of the molecule is Cl.Cn1c(Sc2cccc(C(F)(F)F)c2)c(CC(N)CO)c2ccccc21. The number of nitrogens with two attached hydrogens (primary N) is 1. The third-order valence-corrected chi connectivity index (χ3v) is 5.43. The van der Waals surface area contributed by atoms with Crippen LogP contribution in [-0.2, 0) is 19.6 Å². The molecule has 3 aromatic rings. The van der Waals surface area contributed by atoms with Gasteiger partial charge in [-0.05, 0) is 36.2 Å². The van der Waals surface area contributed by atoms with Crippen LogP contribution in [0.25, 0.3) is 10.9 Å². The van der Waals surface area contributed by atoms with Gasteiger partial charge in [0.1, 0.15) is 0 Å². The summed E-state index contributed by atoms with van der Waals surface area (Å²) in [6, 6.07) is 12.6. The molecule has 3 nitrogen and oxygen atoms in total. The Labute approximate surface area is 165 Å². The third kappa shape index (κ3) is 4.60. The Hall–Kier alpha value is -1.67. The Morgan fingerprint density at radius 3 is 2.52 bits per heavy atom. The number of nitrogens with zero attached hydrogens (tertiary/aromatic N) is 1. The molecule has 1 aromatic heterocycles. The van der Waals surface area contributed by atoms with Gasteiger partial charge in [0, 0.05) is 28.9 Å². The van der Waals surface area contributed by atoms with Crippen LogP contribution >= 0.6 is 24.2 Å². The quantitative estimate of drug-likeness (QED) is 0.637. The molecular formula is C19H20ClF3N2OS. The Morgan fingerprint density at radius 2 is 1.85 bits per heavy atom. The maximum atomic E-state index is 13.0. The van der Waals surface area contributed by atoms with E-state index in [1.165, 1.54) is 17.8 Å². The molecule has 0 saturated heterocycles. The Morgan fingerprint density at radius 1 is 1.15 bits per heavy atom. The van der Waals surface area contributed by atoms with Crippen molar-refractivity contribution < 1.29 is 18.3 Å². The fourth-order valence-electron chi connectivity index (χ4n) is 2.95. The lowest BCUT2D eigenvalue weighted by Gasteiger charge is -2.12. The molecule has 0 fully saturated rings. The average molecular weight is 417 g/mol. The van der Waals surface area contributed by atoms with Crippen LogP contribution in [0, 0.1) is 0 Å². The second-order valence-corrected chi connectivity index (χ2v) is 7.20. The predicted octanol–water partition coefficient (Wildman–Crippen LogP) is 4.63. The van der Waals surface area contributed by atoms with Crippen LogP contribution < -0.4 is 5.73 Å². The van der Waals surface area contributed by atoms with Crippen molar-refractivity contribution in [2.24, 2.45) is 12.8 Å². The number of halogens is 4. The summed E-state index contributed by atoms with van der Waals surface area (Å²) < 4.78 is 40.9. The van der Waals surface area contributed by atoms with Crippen molar-refractivity contribution in [1.82, 2.24) is 4.57 Å². The van der Waals surface area contributed by atoms with Crippen molar-refractivity contribution in [3.8, 4) is 0 Å². The summed E-state index contributed by atoms with van der Waals surface area (Å²) in [6.07, 6.45) is -3.93. The number of para-hydroxylation sites is 1. The van der Waals surface area contributed by atoms with Gasteiger partial charge in [0.15, 0.2) is 0 Å². The summed E-state index contributed by atoms with van der Waals surface area (Å²) in [4.78, 5) is 0.504. The minimum atomic E-state index is -4.38. The van der Waals surface area contributed by atoms with Crippen molar-refractivity contribution in [2.75, 3.05) is 6.61 Å². The van der Waals surface area contributed by atoms with Gasteiger partial charge in [0.05, 0.1) is 17.2 Å². The number of aromatic nitrogens is 1. The van der Waals surface area contributed by atoms with Crippen LogP contribution in [0.3, 0.4) is 0 Å². The minimum Gasteiger partial charge on any atom is -0.395 e. The Bertz CT molecular complexity index is 927. The van der Waals surface area contributed by atoms with E-state index in [0.29, 0.717) is 11.3 Å². The zero-order valence-electron chi connectivity index (χ0n) is 14.5. The van der Waals surface area contributed by atoms with Gasteiger partial charge in [-0.3, -0.25) is 0 Å². The number of rotatable bonds is 5. The van der Waals surface area contributed by atoms with Gasteiger partial charge >= 0.3 is 6.18 Å². The van der Waals surface area contributed by atoms with Gasteiger partial charge in [0.25, 0.3) is 0 Å². The molecule has 8 heteroatoms. The first-order valence-electron chi connectivity index (χ1n) is 8.09. The maximum Gasteiger partial charge on any atom is 0.416 e. The van der Waals surface area contributed by atoms with E-state index in [9.17, 15) is 18.3 Å². The van der Waals surface area contributed by atoms with E-state index in [1.54, 1.807) is 6.07 Å². The number of aryl methyl sites for hydroxylation is 1. The zero-order chi connectivity index (χ0) is 18.9. The van der Waals surface area contributed by atoms with Crippen molar-refractivity contribution in [2.45, 2.75) is 28.6 Å². The topological polar surface area (TPSA) is 51.2 Å². The smallest absolute Gasteiger partial charge is 0.395 e. The molecule has 0 saturated carbocycles. The van der Waals surface area contributed by atoms with E-state index in [-0.39, 0.29) is 19.0 Å². The van der Waals surface area contributed by atoms with E-state index in [1.807, 2.05) is 35.9 Å². The fraction of sp³-hybridized carbons (Fsp3) is 0.263. The molecule has 0 aliphatic carbocycles. The molecule has 3 N–H and O–H groups in total. The average Bonchev–Trinajstić information content (AvgIpc) is 2.87. The van der Waals surface area contributed by atoms with Crippen molar-refractivity contribution in [3.63, 3.8) is 0 Å². The van der Waals surface area contributed by atoms with Crippen molar-refractivity contribution >= 4 is 35.1 Å². The lowest BCUT2D eigenvalue weighted by molar-refractivity contribution is -0.137. The lowest BCUT2D eigenvalue weighted by atomic mass is 10.1. The van der Waals surface area contributed by atoms with Gasteiger partial charge in [-0.15, -0.1) is 12.4 Å². The molecule has 0 radical (unpaired) electrons. The minimum absolute atomic E-state index is 0. The van der Waals surface area contributed by atoms with Crippen LogP contribution in [-0.4, -0.2) is 22.3 Å². The highest BCUT2D eigenvalue weighted by Crippen LogP contribution is 2.39. The fourth-order valence-corrected chi connectivity index (χ4v) is 4.06. The first-order chi connectivity index (χ1) is 12.3. The molecule has 0 spiro atoms. The molecule has 27 heavy (non-hydrogen) atoms. The molecule has 3 rings (SSSR count). The highest BCUT2D eigenvalue weighted by Gasteiger charge is 2.30. The normalized spacial score (nSPS) is 12.8. The van der Waals surface area contributed by atoms with Gasteiger partial charge in [0.2, 0.25) is 0 Å². The summed E-state index contributed by atoms with van der Waals surface area (Å²) in [5, 5.41) is 11.1. The maximum absolute atomic E-state index is 13.0. The molecule has 1 heterocycles. The summed E-state index contributed by atoms with van der Waals surface area (Å²) >= 11 is 1.28. The van der Waals surface area contributed by atoms with Crippen LogP contribution in [0.4, 0.5) is 13.2 Å². The molecule has 0 bridgehead atoms. The van der Waals surface area contributed by atoms with E-state index >= 15 is 0 Å². The monoisotopic (exact) mass is 416 g/mol. The number of aliphatic hydroxyl groups is 1. The number of hydrogen-bond acceptors (Lipinski definition) is 3. The molecular weight excluding hydrogens is 397 g/mol. The number of alkyl halides is 3. The molecule has 146 valence electrons. The molecule has 0 aliphatic rings. The number of hydrogen-bond donors (Lipinski definition) is 2. The van der Waals surface area contributed by atoms with E-state index in [4.69, 9.17) is 5.73 Å². The molecule has 0 aliphatic heterocycles. The Balaban J connectivity index is 0.00000261. The number of fused-ring (bicyclic) bond motifs is 1. The first kappa shape index (κ1) is 21.6. The van der Waals surface area contributed by atoms with E-state index in [2.05, 4.69) is 0 Å². The highest BCUT2D eigenvalue weighted by atomic mass is 35.5.